The van der Waals surface area contributed by atoms with Gasteiger partial charge in [-0.25, -0.2) is 4.57 Å². The zero-order valence-electron chi connectivity index (χ0n) is 11.4. The molecule has 1 saturated heterocycles. The van der Waals surface area contributed by atoms with Gasteiger partial charge in [0, 0.05) is 18.6 Å². The zero-order valence-corrected chi connectivity index (χ0v) is 12.3. The predicted molar refractivity (Wildman–Crippen MR) is 67.1 cm³/mol. The van der Waals surface area contributed by atoms with Crippen LogP contribution < -0.4 is 0 Å². The van der Waals surface area contributed by atoms with E-state index in [9.17, 15) is 4.57 Å². The van der Waals surface area contributed by atoms with Crippen LogP contribution in [0.1, 0.15) is 34.6 Å². The van der Waals surface area contributed by atoms with Crippen LogP contribution in [0, 0.1) is 0 Å². The van der Waals surface area contributed by atoms with E-state index in [4.69, 9.17) is 13.6 Å². The third kappa shape index (κ3) is 4.34. The first-order valence-electron chi connectivity index (χ1n) is 6.13. The molecule has 0 saturated carbocycles. The maximum absolute atomic E-state index is 12.1. The first-order valence-corrected chi connectivity index (χ1v) is 7.59. The van der Waals surface area contributed by atoms with E-state index < -0.39 is 7.82 Å². The Morgan fingerprint density at radius 1 is 1.18 bits per heavy atom. The van der Waals surface area contributed by atoms with E-state index in [2.05, 4.69) is 25.7 Å². The summed E-state index contributed by atoms with van der Waals surface area (Å²) in [5.74, 6) is 0. The average Bonchev–Trinajstić information content (AvgIpc) is 2.09. The minimum atomic E-state index is -3.35. The number of hydrogen-bond donors (Lipinski definition) is 0. The molecule has 0 radical (unpaired) electrons. The van der Waals surface area contributed by atoms with Gasteiger partial charge in [0.05, 0.1) is 19.3 Å². The molecule has 0 unspecified atom stereocenters. The fraction of sp³-hybridized carbons (Fsp3) is 1.00. The van der Waals surface area contributed by atoms with Crippen molar-refractivity contribution in [3.63, 3.8) is 0 Å². The SMILES string of the molecule is CCOP(=O)(OCC)OC1CN(C(C)(C)C)C1. The highest BCUT2D eigenvalue weighted by molar-refractivity contribution is 7.48. The van der Waals surface area contributed by atoms with Crippen molar-refractivity contribution >= 4 is 7.82 Å². The van der Waals surface area contributed by atoms with E-state index in [1.54, 1.807) is 13.8 Å². The van der Waals surface area contributed by atoms with Crippen LogP contribution in [-0.4, -0.2) is 42.8 Å². The molecule has 0 aromatic carbocycles. The normalized spacial score (nSPS) is 19.4. The summed E-state index contributed by atoms with van der Waals surface area (Å²) in [7, 11) is -3.35. The van der Waals surface area contributed by atoms with Gasteiger partial charge in [0.15, 0.2) is 0 Å². The molecule has 17 heavy (non-hydrogen) atoms. The minimum Gasteiger partial charge on any atom is -0.293 e. The van der Waals surface area contributed by atoms with Crippen molar-refractivity contribution in [2.75, 3.05) is 26.3 Å². The Morgan fingerprint density at radius 2 is 1.65 bits per heavy atom. The summed E-state index contributed by atoms with van der Waals surface area (Å²) in [4.78, 5) is 2.26. The molecular formula is C11H24NO4P. The third-order valence-electron chi connectivity index (χ3n) is 2.65. The van der Waals surface area contributed by atoms with Gasteiger partial charge in [0.25, 0.3) is 0 Å². The Bertz CT molecular complexity index is 274. The molecule has 1 rings (SSSR count). The van der Waals surface area contributed by atoms with Gasteiger partial charge in [-0.1, -0.05) is 0 Å². The lowest BCUT2D eigenvalue weighted by atomic mass is 9.99. The van der Waals surface area contributed by atoms with E-state index in [0.29, 0.717) is 13.2 Å². The van der Waals surface area contributed by atoms with Crippen molar-refractivity contribution in [2.45, 2.75) is 46.3 Å². The van der Waals surface area contributed by atoms with Crippen molar-refractivity contribution in [1.29, 1.82) is 0 Å². The Labute approximate surface area is 104 Å². The van der Waals surface area contributed by atoms with Crippen LogP contribution in [0.4, 0.5) is 0 Å². The van der Waals surface area contributed by atoms with Gasteiger partial charge in [-0.2, -0.15) is 0 Å². The van der Waals surface area contributed by atoms with Crippen LogP contribution in [0.3, 0.4) is 0 Å². The fourth-order valence-corrected chi connectivity index (χ4v) is 2.98. The van der Waals surface area contributed by atoms with E-state index in [0.717, 1.165) is 13.1 Å². The van der Waals surface area contributed by atoms with Gasteiger partial charge < -0.3 is 0 Å². The van der Waals surface area contributed by atoms with Crippen LogP contribution in [0.2, 0.25) is 0 Å². The maximum atomic E-state index is 12.1. The highest BCUT2D eigenvalue weighted by atomic mass is 31.2. The molecule has 1 aliphatic heterocycles. The Hall–Kier alpha value is 0.0700. The maximum Gasteiger partial charge on any atom is 0.475 e. The Morgan fingerprint density at radius 3 is 2.00 bits per heavy atom. The lowest BCUT2D eigenvalue weighted by molar-refractivity contribution is -0.0529. The van der Waals surface area contributed by atoms with E-state index in [1.807, 2.05) is 0 Å². The van der Waals surface area contributed by atoms with Crippen LogP contribution >= 0.6 is 7.82 Å². The Balaban J connectivity index is 2.42. The summed E-state index contributed by atoms with van der Waals surface area (Å²) >= 11 is 0. The molecule has 1 fully saturated rings. The highest BCUT2D eigenvalue weighted by Crippen LogP contribution is 2.51. The van der Waals surface area contributed by atoms with Crippen LogP contribution in [0.15, 0.2) is 0 Å². The fourth-order valence-electron chi connectivity index (χ4n) is 1.65. The first kappa shape index (κ1) is 15.1. The number of likely N-dealkylation sites (tertiary alicyclic amines) is 1. The molecular weight excluding hydrogens is 241 g/mol. The molecule has 0 aromatic rings. The third-order valence-corrected chi connectivity index (χ3v) is 4.35. The van der Waals surface area contributed by atoms with Gasteiger partial charge in [-0.05, 0) is 34.6 Å². The summed E-state index contributed by atoms with van der Waals surface area (Å²) in [6, 6.07) is 0. The number of rotatable bonds is 6. The number of phosphoric acid groups is 1. The van der Waals surface area contributed by atoms with Gasteiger partial charge in [0.2, 0.25) is 0 Å². The quantitative estimate of drug-likeness (QED) is 0.691. The molecule has 1 heterocycles. The standard InChI is InChI=1S/C11H24NO4P/c1-6-14-17(13,15-7-2)16-10-8-12(9-10)11(3,4)5/h10H,6-9H2,1-5H3. The van der Waals surface area contributed by atoms with E-state index in [-0.39, 0.29) is 11.6 Å². The minimum absolute atomic E-state index is 0.0573. The first-order chi connectivity index (χ1) is 7.80. The summed E-state index contributed by atoms with van der Waals surface area (Å²) < 4.78 is 27.7. The monoisotopic (exact) mass is 265 g/mol. The smallest absolute Gasteiger partial charge is 0.293 e. The predicted octanol–water partition coefficient (Wildman–Crippen LogP) is 2.67. The average molecular weight is 265 g/mol. The van der Waals surface area contributed by atoms with Gasteiger partial charge in [0.1, 0.15) is 0 Å². The molecule has 102 valence electrons. The topological polar surface area (TPSA) is 48.0 Å². The molecule has 5 nitrogen and oxygen atoms in total. The molecule has 6 heteroatoms. The van der Waals surface area contributed by atoms with Gasteiger partial charge >= 0.3 is 7.82 Å². The molecule has 0 aliphatic carbocycles. The molecule has 0 bridgehead atoms. The van der Waals surface area contributed by atoms with E-state index in [1.165, 1.54) is 0 Å². The summed E-state index contributed by atoms with van der Waals surface area (Å²) in [6.45, 7) is 12.2. The van der Waals surface area contributed by atoms with Crippen molar-refractivity contribution in [2.24, 2.45) is 0 Å². The lowest BCUT2D eigenvalue weighted by Gasteiger charge is -2.47. The summed E-state index contributed by atoms with van der Waals surface area (Å²) in [6.07, 6.45) is -0.0573. The molecule has 0 amide bonds. The van der Waals surface area contributed by atoms with Crippen LogP contribution in [0.25, 0.3) is 0 Å². The Kier molecular flexibility index (Phi) is 5.17. The molecule has 0 atom stereocenters. The largest absolute Gasteiger partial charge is 0.475 e. The molecule has 1 aliphatic rings. The number of phosphoric ester groups is 1. The molecule has 0 aromatic heterocycles. The lowest BCUT2D eigenvalue weighted by Crippen LogP contribution is -2.59. The summed E-state index contributed by atoms with van der Waals surface area (Å²) in [5.41, 5.74) is 0.126. The van der Waals surface area contributed by atoms with E-state index >= 15 is 0 Å². The van der Waals surface area contributed by atoms with Crippen molar-refractivity contribution in [1.82, 2.24) is 4.90 Å². The van der Waals surface area contributed by atoms with Gasteiger partial charge in [-0.3, -0.25) is 18.5 Å². The molecule has 0 N–H and O–H groups in total. The number of hydrogen-bond acceptors (Lipinski definition) is 5. The van der Waals surface area contributed by atoms with Crippen molar-refractivity contribution < 1.29 is 18.1 Å². The highest BCUT2D eigenvalue weighted by Gasteiger charge is 2.40. The van der Waals surface area contributed by atoms with Crippen molar-refractivity contribution in [3.8, 4) is 0 Å². The zero-order chi connectivity index (χ0) is 13.1. The van der Waals surface area contributed by atoms with Gasteiger partial charge in [-0.15, -0.1) is 0 Å². The summed E-state index contributed by atoms with van der Waals surface area (Å²) in [5, 5.41) is 0. The second-order valence-corrected chi connectivity index (χ2v) is 6.71. The number of nitrogens with zero attached hydrogens (tertiary/aromatic N) is 1. The molecule has 0 spiro atoms. The van der Waals surface area contributed by atoms with Crippen LogP contribution in [0.5, 0.6) is 0 Å². The second kappa shape index (κ2) is 5.81. The van der Waals surface area contributed by atoms with Crippen LogP contribution in [-0.2, 0) is 18.1 Å². The second-order valence-electron chi connectivity index (χ2n) is 5.09. The van der Waals surface area contributed by atoms with Crippen molar-refractivity contribution in [3.05, 3.63) is 0 Å².